The molecule has 0 saturated carbocycles. The summed E-state index contributed by atoms with van der Waals surface area (Å²) in [6.45, 7) is 1.52. The minimum Gasteiger partial charge on any atom is -0.481 e. The van der Waals surface area contributed by atoms with Gasteiger partial charge in [0.25, 0.3) is 0 Å². The van der Waals surface area contributed by atoms with Gasteiger partial charge in [0.05, 0.1) is 0 Å². The number of aliphatic carboxylic acids is 2. The maximum atomic E-state index is 9.99. The molecule has 0 atom stereocenters. The van der Waals surface area contributed by atoms with Gasteiger partial charge in [-0.2, -0.15) is 0 Å². The van der Waals surface area contributed by atoms with E-state index < -0.39 is 34.4 Å². The molecule has 0 aliphatic carbocycles. The molecule has 0 fully saturated rings. The molecule has 0 unspecified atom stereocenters. The summed E-state index contributed by atoms with van der Waals surface area (Å²) in [7, 11) is -6.26. The third-order valence-electron chi connectivity index (χ3n) is 1.00. The lowest BCUT2D eigenvalue weighted by Gasteiger charge is -2.00. The first-order valence-electron chi connectivity index (χ1n) is 3.85. The zero-order chi connectivity index (χ0) is 14.6. The average Bonchev–Trinajstić information content (AvgIpc) is 2.00. The summed E-state index contributed by atoms with van der Waals surface area (Å²) in [5.41, 5.74) is 0. The number of hydrogen-bond acceptors (Lipinski definition) is 4. The first-order valence-corrected chi connectivity index (χ1v) is 6.46. The summed E-state index contributed by atoms with van der Waals surface area (Å²) in [5, 5.41) is 16.3. The maximum absolute atomic E-state index is 9.99. The Morgan fingerprint density at radius 3 is 1.12 bits per heavy atom. The average molecular weight is 296 g/mol. The van der Waals surface area contributed by atoms with Crippen LogP contribution in [-0.2, 0) is 18.7 Å². The first-order chi connectivity index (χ1) is 7.56. The van der Waals surface area contributed by atoms with E-state index in [9.17, 15) is 9.59 Å². The van der Waals surface area contributed by atoms with Gasteiger partial charge in [-0.15, -0.1) is 0 Å². The van der Waals surface area contributed by atoms with Crippen molar-refractivity contribution in [2.75, 3.05) is 0 Å². The van der Waals surface area contributed by atoms with Crippen molar-refractivity contribution in [2.24, 2.45) is 5.92 Å². The van der Waals surface area contributed by atoms with Crippen LogP contribution in [0.5, 0.6) is 0 Å². The zero-order valence-corrected chi connectivity index (χ0v) is 10.6. The van der Waals surface area contributed by atoms with Crippen LogP contribution in [0.2, 0.25) is 0 Å². The van der Waals surface area contributed by atoms with E-state index in [-0.39, 0.29) is 6.42 Å². The van der Waals surface area contributed by atoms with E-state index in [1.807, 2.05) is 0 Å². The van der Waals surface area contributed by atoms with Crippen LogP contribution in [0.3, 0.4) is 0 Å². The van der Waals surface area contributed by atoms with Gasteiger partial charge < -0.3 is 29.8 Å². The molecule has 0 saturated heterocycles. The van der Waals surface area contributed by atoms with Crippen LogP contribution in [-0.4, -0.2) is 41.7 Å². The molecule has 10 nitrogen and oxygen atoms in total. The Hall–Kier alpha value is -0.760. The summed E-state index contributed by atoms with van der Waals surface area (Å²) in [5.74, 6) is -3.79. The van der Waals surface area contributed by atoms with Crippen molar-refractivity contribution in [1.82, 2.24) is 0 Å². The second kappa shape index (κ2) is 13.3. The van der Waals surface area contributed by atoms with E-state index in [1.165, 1.54) is 6.92 Å². The van der Waals surface area contributed by atoms with Crippen molar-refractivity contribution in [1.29, 1.82) is 0 Å². The Labute approximate surface area is 97.1 Å². The molecule has 0 aromatic heterocycles. The molecule has 0 bridgehead atoms. The van der Waals surface area contributed by atoms with Gasteiger partial charge in [0.2, 0.25) is 0 Å². The van der Waals surface area contributed by atoms with Crippen LogP contribution < -0.4 is 0 Å². The number of hydrogen-bond donors (Lipinski definition) is 6. The predicted molar refractivity (Wildman–Crippen MR) is 55.9 cm³/mol. The highest BCUT2D eigenvalue weighted by Gasteiger charge is 2.22. The van der Waals surface area contributed by atoms with Crippen LogP contribution in [0.25, 0.3) is 0 Å². The van der Waals surface area contributed by atoms with E-state index in [0.717, 1.165) is 0 Å². The van der Waals surface area contributed by atoms with Gasteiger partial charge in [0.1, 0.15) is 0 Å². The van der Waals surface area contributed by atoms with Crippen molar-refractivity contribution in [2.45, 2.75) is 13.3 Å². The van der Waals surface area contributed by atoms with Crippen molar-refractivity contribution < 1.29 is 48.5 Å². The molecule has 0 aromatic carbocycles. The van der Waals surface area contributed by atoms with Gasteiger partial charge in [0, 0.05) is 0 Å². The molecule has 0 radical (unpaired) electrons. The molecule has 0 heterocycles. The molecule has 0 aromatic rings. The molecule has 0 amide bonds. The molecule has 17 heavy (non-hydrogen) atoms. The van der Waals surface area contributed by atoms with E-state index in [2.05, 4.69) is 0 Å². The second-order valence-electron chi connectivity index (χ2n) is 2.20. The largest absolute Gasteiger partial charge is 0.481 e. The predicted octanol–water partition coefficient (Wildman–Crippen LogP) is -1.10. The lowest BCUT2D eigenvalue weighted by atomic mass is 10.1. The van der Waals surface area contributed by atoms with Crippen LogP contribution in [0.4, 0.5) is 0 Å². The van der Waals surface area contributed by atoms with Gasteiger partial charge >= 0.3 is 28.4 Å². The number of carbonyl (C=O) groups is 2. The SMILES string of the molecule is CCC(C(=O)O)C(=O)O.O=[PH](O)O.O=[PH](O)O. The highest BCUT2D eigenvalue weighted by Crippen LogP contribution is 2.01. The standard InChI is InChI=1S/C5H8O4.2H3O3P/c1-2-3(4(6)7)5(8)9;2*1-4(2)3/h3H,2H2,1H3,(H,6,7)(H,8,9);2*4H,(H2,1,2,3). The second-order valence-corrected chi connectivity index (χ2v) is 3.33. The third-order valence-corrected chi connectivity index (χ3v) is 1.00. The minimum absolute atomic E-state index is 0.130. The molecular weight excluding hydrogens is 282 g/mol. The van der Waals surface area contributed by atoms with Crippen LogP contribution in [0.1, 0.15) is 13.3 Å². The first kappa shape index (κ1) is 21.5. The fourth-order valence-electron chi connectivity index (χ4n) is 0.455. The smallest absolute Gasteiger partial charge is 0.317 e. The van der Waals surface area contributed by atoms with Gasteiger partial charge in [-0.3, -0.25) is 18.7 Å². The molecule has 104 valence electrons. The normalized spacial score (nSPS) is 9.18. The molecule has 6 N–H and O–H groups in total. The van der Waals surface area contributed by atoms with Gasteiger partial charge in [-0.25, -0.2) is 0 Å². The quantitative estimate of drug-likeness (QED) is 0.275. The monoisotopic (exact) mass is 296 g/mol. The Morgan fingerprint density at radius 1 is 0.941 bits per heavy atom. The molecule has 0 aliphatic rings. The van der Waals surface area contributed by atoms with Crippen LogP contribution >= 0.6 is 16.5 Å². The topological polar surface area (TPSA) is 190 Å². The van der Waals surface area contributed by atoms with E-state index in [4.69, 9.17) is 38.9 Å². The molecular formula is C5H14O10P2. The van der Waals surface area contributed by atoms with Crippen LogP contribution in [0, 0.1) is 5.92 Å². The van der Waals surface area contributed by atoms with Crippen molar-refractivity contribution in [3.8, 4) is 0 Å². The third kappa shape index (κ3) is 31.3. The zero-order valence-electron chi connectivity index (χ0n) is 8.60. The lowest BCUT2D eigenvalue weighted by Crippen LogP contribution is -2.21. The number of carboxylic acids is 2. The minimum atomic E-state index is -3.13. The van der Waals surface area contributed by atoms with Gasteiger partial charge in [0.15, 0.2) is 5.92 Å². The Balaban J connectivity index is -0.000000205. The molecule has 12 heteroatoms. The molecule has 0 aliphatic heterocycles. The molecule has 0 spiro atoms. The van der Waals surface area contributed by atoms with E-state index in [1.54, 1.807) is 0 Å². The van der Waals surface area contributed by atoms with E-state index >= 15 is 0 Å². The highest BCUT2D eigenvalue weighted by molar-refractivity contribution is 7.31. The van der Waals surface area contributed by atoms with E-state index in [0.29, 0.717) is 0 Å². The maximum Gasteiger partial charge on any atom is 0.317 e. The van der Waals surface area contributed by atoms with Crippen molar-refractivity contribution in [3.63, 3.8) is 0 Å². The Morgan fingerprint density at radius 2 is 1.12 bits per heavy atom. The summed E-state index contributed by atoms with van der Waals surface area (Å²) < 4.78 is 17.5. The Kier molecular flexibility index (Phi) is 16.8. The molecule has 0 rings (SSSR count). The number of rotatable bonds is 3. The van der Waals surface area contributed by atoms with Gasteiger partial charge in [-0.05, 0) is 6.42 Å². The van der Waals surface area contributed by atoms with Gasteiger partial charge in [-0.1, -0.05) is 6.92 Å². The summed E-state index contributed by atoms with van der Waals surface area (Å²) in [6.07, 6.45) is 0.130. The summed E-state index contributed by atoms with van der Waals surface area (Å²) in [4.78, 5) is 48.6. The summed E-state index contributed by atoms with van der Waals surface area (Å²) >= 11 is 0. The fourth-order valence-corrected chi connectivity index (χ4v) is 0.455. The van der Waals surface area contributed by atoms with Crippen LogP contribution in [0.15, 0.2) is 0 Å². The Bertz CT molecular complexity index is 242. The highest BCUT2D eigenvalue weighted by atomic mass is 31.1. The van der Waals surface area contributed by atoms with Crippen molar-refractivity contribution in [3.05, 3.63) is 0 Å². The summed E-state index contributed by atoms with van der Waals surface area (Å²) in [6, 6.07) is 0. The fraction of sp³-hybridized carbons (Fsp3) is 0.600. The number of carboxylic acid groups (broad SMARTS) is 2. The van der Waals surface area contributed by atoms with Crippen molar-refractivity contribution >= 4 is 28.4 Å². The lowest BCUT2D eigenvalue weighted by molar-refractivity contribution is -0.154.